The van der Waals surface area contributed by atoms with Crippen LogP contribution in [0, 0.1) is 10.1 Å². The summed E-state index contributed by atoms with van der Waals surface area (Å²) in [6, 6.07) is 15.5. The van der Waals surface area contributed by atoms with Gasteiger partial charge >= 0.3 is 0 Å². The molecule has 31 heavy (non-hydrogen) atoms. The fourth-order valence-corrected chi connectivity index (χ4v) is 4.14. The van der Waals surface area contributed by atoms with Crippen LogP contribution in [-0.2, 0) is 0 Å². The average Bonchev–Trinajstić information content (AvgIpc) is 3.22. The summed E-state index contributed by atoms with van der Waals surface area (Å²) in [6.07, 6.45) is 1.52. The van der Waals surface area contributed by atoms with Crippen LogP contribution in [0.15, 0.2) is 59.7 Å². The van der Waals surface area contributed by atoms with Gasteiger partial charge in [0.25, 0.3) is 11.6 Å². The number of nitro groups is 1. The van der Waals surface area contributed by atoms with Crippen molar-refractivity contribution in [2.24, 2.45) is 5.10 Å². The first kappa shape index (κ1) is 20.3. The molecule has 1 N–H and O–H groups in total. The number of amides is 1. The van der Waals surface area contributed by atoms with Crippen molar-refractivity contribution < 1.29 is 19.2 Å². The van der Waals surface area contributed by atoms with E-state index in [9.17, 15) is 14.9 Å². The number of hydrazone groups is 1. The summed E-state index contributed by atoms with van der Waals surface area (Å²) in [5.41, 5.74) is 3.19. The molecule has 1 heterocycles. The number of carbonyl (C=O) groups excluding carboxylic acids is 1. The molecular weight excluding hydrogens is 418 g/mol. The molecule has 8 nitrogen and oxygen atoms in total. The van der Waals surface area contributed by atoms with Gasteiger partial charge in [0.15, 0.2) is 0 Å². The van der Waals surface area contributed by atoms with Crippen LogP contribution in [0.2, 0.25) is 0 Å². The molecule has 0 unspecified atom stereocenters. The summed E-state index contributed by atoms with van der Waals surface area (Å²) in [7, 11) is 3.16. The monoisotopic (exact) mass is 435 g/mol. The summed E-state index contributed by atoms with van der Waals surface area (Å²) in [4.78, 5) is 23.4. The Morgan fingerprint density at radius 2 is 1.87 bits per heavy atom. The number of nitro benzene ring substituents is 1. The minimum atomic E-state index is -0.465. The molecule has 0 radical (unpaired) electrons. The first-order valence-corrected chi connectivity index (χ1v) is 9.98. The number of nitrogens with zero attached hydrogens (tertiary/aromatic N) is 2. The second-order valence-corrected chi connectivity index (χ2v) is 7.64. The lowest BCUT2D eigenvalue weighted by atomic mass is 10.0. The number of ether oxygens (including phenoxy) is 2. The number of carbonyl (C=O) groups is 1. The number of fused-ring (bicyclic) bond motifs is 2. The predicted octanol–water partition coefficient (Wildman–Crippen LogP) is 4.74. The van der Waals surface area contributed by atoms with Crippen LogP contribution < -0.4 is 14.9 Å². The van der Waals surface area contributed by atoms with E-state index in [0.717, 1.165) is 15.5 Å². The molecule has 0 spiro atoms. The Kier molecular flexibility index (Phi) is 5.50. The normalized spacial score (nSPS) is 11.2. The number of nitrogens with one attached hydrogen (secondary N) is 1. The number of non-ortho nitro benzene ring substituents is 1. The zero-order chi connectivity index (χ0) is 22.0. The van der Waals surface area contributed by atoms with Crippen LogP contribution >= 0.6 is 11.3 Å². The van der Waals surface area contributed by atoms with Gasteiger partial charge in [0.1, 0.15) is 11.5 Å². The molecule has 0 fully saturated rings. The van der Waals surface area contributed by atoms with Crippen LogP contribution in [-0.4, -0.2) is 31.3 Å². The Bertz CT molecular complexity index is 1340. The minimum absolute atomic E-state index is 0.0197. The van der Waals surface area contributed by atoms with Gasteiger partial charge in [0, 0.05) is 27.8 Å². The van der Waals surface area contributed by atoms with Gasteiger partial charge in [0.05, 0.1) is 30.2 Å². The molecular formula is C22H17N3O5S. The summed E-state index contributed by atoms with van der Waals surface area (Å²) in [6.45, 7) is 0. The molecule has 4 rings (SSSR count). The summed E-state index contributed by atoms with van der Waals surface area (Å²) >= 11 is 1.24. The number of thiophene rings is 1. The second-order valence-electron chi connectivity index (χ2n) is 6.56. The fraction of sp³-hybridized carbons (Fsp3) is 0.0909. The van der Waals surface area contributed by atoms with Crippen molar-refractivity contribution in [3.05, 3.63) is 75.2 Å². The van der Waals surface area contributed by atoms with E-state index >= 15 is 0 Å². The smallest absolute Gasteiger partial charge is 0.281 e. The molecule has 0 aliphatic rings. The van der Waals surface area contributed by atoms with E-state index in [1.54, 1.807) is 26.4 Å². The summed E-state index contributed by atoms with van der Waals surface area (Å²) in [5, 5.41) is 17.5. The molecule has 0 saturated carbocycles. The average molecular weight is 435 g/mol. The number of hydrogen-bond donors (Lipinski definition) is 1. The molecule has 0 atom stereocenters. The number of rotatable bonds is 6. The van der Waals surface area contributed by atoms with Crippen molar-refractivity contribution in [2.75, 3.05) is 14.2 Å². The quantitative estimate of drug-likeness (QED) is 0.268. The Morgan fingerprint density at radius 3 is 2.61 bits per heavy atom. The van der Waals surface area contributed by atoms with Gasteiger partial charge in [-0.25, -0.2) is 5.43 Å². The third-order valence-corrected chi connectivity index (χ3v) is 5.86. The Hall–Kier alpha value is -3.98. The van der Waals surface area contributed by atoms with Gasteiger partial charge < -0.3 is 9.47 Å². The van der Waals surface area contributed by atoms with Crippen LogP contribution in [0.3, 0.4) is 0 Å². The Morgan fingerprint density at radius 1 is 1.06 bits per heavy atom. The molecule has 0 aliphatic carbocycles. The van der Waals surface area contributed by atoms with Crippen molar-refractivity contribution in [2.45, 2.75) is 0 Å². The lowest BCUT2D eigenvalue weighted by molar-refractivity contribution is -0.384. The Labute approximate surface area is 180 Å². The van der Waals surface area contributed by atoms with Crippen LogP contribution in [0.25, 0.3) is 20.9 Å². The standard InChI is InChI=1S/C22H17N3O5S/c1-29-16-6-3-13-4-7-19(30-2)18(17(13)11-16)12-23-24-22(26)21-10-14-9-15(25(27)28)5-8-20(14)31-21/h3-12H,1-2H3,(H,24,26)/b23-12-. The highest BCUT2D eigenvalue weighted by molar-refractivity contribution is 7.20. The maximum absolute atomic E-state index is 12.5. The number of methoxy groups -OCH3 is 2. The van der Waals surface area contributed by atoms with E-state index < -0.39 is 10.8 Å². The molecule has 4 aromatic rings. The first-order valence-electron chi connectivity index (χ1n) is 9.16. The van der Waals surface area contributed by atoms with Gasteiger partial charge in [-0.15, -0.1) is 11.3 Å². The SMILES string of the molecule is COc1ccc2ccc(OC)c(/C=N\NC(=O)c3cc4cc([N+](=O)[O-])ccc4s3)c2c1. The summed E-state index contributed by atoms with van der Waals surface area (Å²) in [5.74, 6) is 0.892. The third-order valence-electron chi connectivity index (χ3n) is 4.74. The van der Waals surface area contributed by atoms with E-state index in [2.05, 4.69) is 10.5 Å². The highest BCUT2D eigenvalue weighted by Gasteiger charge is 2.13. The molecule has 0 bridgehead atoms. The van der Waals surface area contributed by atoms with E-state index in [0.29, 0.717) is 27.3 Å². The van der Waals surface area contributed by atoms with E-state index in [-0.39, 0.29) is 5.69 Å². The Balaban J connectivity index is 1.61. The molecule has 0 saturated heterocycles. The number of hydrogen-bond acceptors (Lipinski definition) is 7. The zero-order valence-corrected chi connectivity index (χ0v) is 17.4. The van der Waals surface area contributed by atoms with Crippen molar-refractivity contribution in [3.8, 4) is 11.5 Å². The van der Waals surface area contributed by atoms with Crippen molar-refractivity contribution in [1.82, 2.24) is 5.43 Å². The minimum Gasteiger partial charge on any atom is -0.497 e. The van der Waals surface area contributed by atoms with Gasteiger partial charge in [-0.3, -0.25) is 14.9 Å². The van der Waals surface area contributed by atoms with Crippen LogP contribution in [0.1, 0.15) is 15.2 Å². The van der Waals surface area contributed by atoms with Crippen LogP contribution in [0.4, 0.5) is 5.69 Å². The third kappa shape index (κ3) is 4.03. The largest absolute Gasteiger partial charge is 0.497 e. The molecule has 0 aliphatic heterocycles. The number of benzene rings is 3. The first-order chi connectivity index (χ1) is 15.0. The second kappa shape index (κ2) is 8.41. The molecule has 156 valence electrons. The van der Waals surface area contributed by atoms with E-state index in [4.69, 9.17) is 9.47 Å². The van der Waals surface area contributed by atoms with Gasteiger partial charge in [-0.2, -0.15) is 5.10 Å². The van der Waals surface area contributed by atoms with Gasteiger partial charge in [-0.1, -0.05) is 12.1 Å². The fourth-order valence-electron chi connectivity index (χ4n) is 3.21. The van der Waals surface area contributed by atoms with Crippen molar-refractivity contribution >= 4 is 50.0 Å². The van der Waals surface area contributed by atoms with E-state index in [1.165, 1.54) is 29.7 Å². The highest BCUT2D eigenvalue weighted by atomic mass is 32.1. The lowest BCUT2D eigenvalue weighted by Crippen LogP contribution is -2.16. The zero-order valence-electron chi connectivity index (χ0n) is 16.6. The maximum atomic E-state index is 12.5. The molecule has 1 amide bonds. The lowest BCUT2D eigenvalue weighted by Gasteiger charge is -2.10. The molecule has 1 aromatic heterocycles. The van der Waals surface area contributed by atoms with Gasteiger partial charge in [-0.05, 0) is 41.1 Å². The molecule has 3 aromatic carbocycles. The van der Waals surface area contributed by atoms with Gasteiger partial charge in [0.2, 0.25) is 0 Å². The van der Waals surface area contributed by atoms with Crippen molar-refractivity contribution in [3.63, 3.8) is 0 Å². The highest BCUT2D eigenvalue weighted by Crippen LogP contribution is 2.30. The van der Waals surface area contributed by atoms with Crippen molar-refractivity contribution in [1.29, 1.82) is 0 Å². The van der Waals surface area contributed by atoms with Crippen LogP contribution in [0.5, 0.6) is 11.5 Å². The topological polar surface area (TPSA) is 103 Å². The predicted molar refractivity (Wildman–Crippen MR) is 121 cm³/mol. The summed E-state index contributed by atoms with van der Waals surface area (Å²) < 4.78 is 11.5. The maximum Gasteiger partial charge on any atom is 0.281 e. The van der Waals surface area contributed by atoms with E-state index in [1.807, 2.05) is 30.3 Å². The molecule has 9 heteroatoms.